The van der Waals surface area contributed by atoms with Crippen LogP contribution < -0.4 is 14.8 Å². The number of H-pyrrole nitrogens is 1. The maximum atomic E-state index is 12.6. The van der Waals surface area contributed by atoms with Gasteiger partial charge in [-0.2, -0.15) is 0 Å². The zero-order valence-electron chi connectivity index (χ0n) is 15.9. The number of aromatic nitrogens is 3. The minimum atomic E-state index is -0.380. The first-order valence-electron chi connectivity index (χ1n) is 8.87. The summed E-state index contributed by atoms with van der Waals surface area (Å²) in [6.45, 7) is 4.25. The fourth-order valence-corrected chi connectivity index (χ4v) is 3.20. The van der Waals surface area contributed by atoms with E-state index in [-0.39, 0.29) is 11.2 Å². The van der Waals surface area contributed by atoms with E-state index in [9.17, 15) is 4.79 Å². The molecule has 0 fully saturated rings. The molecule has 28 heavy (non-hydrogen) atoms. The van der Waals surface area contributed by atoms with E-state index in [1.54, 1.807) is 7.11 Å². The number of amides is 1. The minimum absolute atomic E-state index is 0.145. The van der Waals surface area contributed by atoms with Gasteiger partial charge in [-0.3, -0.25) is 9.89 Å². The highest BCUT2D eigenvalue weighted by Gasteiger charge is 2.19. The van der Waals surface area contributed by atoms with Gasteiger partial charge in [-0.1, -0.05) is 23.9 Å². The number of anilines is 1. The Kier molecular flexibility index (Phi) is 6.54. The Morgan fingerprint density at radius 2 is 1.96 bits per heavy atom. The van der Waals surface area contributed by atoms with E-state index < -0.39 is 0 Å². The predicted octanol–water partition coefficient (Wildman–Crippen LogP) is 4.00. The van der Waals surface area contributed by atoms with Crippen LogP contribution in [0.1, 0.15) is 13.8 Å². The number of para-hydroxylation sites is 2. The maximum Gasteiger partial charge on any atom is 0.237 e. The molecule has 146 valence electrons. The first-order chi connectivity index (χ1) is 13.6. The number of thioether (sulfide) groups is 1. The number of benzene rings is 2. The summed E-state index contributed by atoms with van der Waals surface area (Å²) in [7, 11) is 1.62. The standard InChI is InChI=1S/C20H22N4O3S/c1-4-27-17-8-6-5-7-16(17)21-19(25)13(2)28-20-22-18(23-24-20)14-9-11-15(26-3)12-10-14/h5-13H,4H2,1-3H3,(H,21,25)(H,22,23,24)/t13-/m0/s1. The fourth-order valence-electron chi connectivity index (χ4n) is 2.47. The number of rotatable bonds is 8. The van der Waals surface area contributed by atoms with Crippen LogP contribution in [-0.4, -0.2) is 40.1 Å². The van der Waals surface area contributed by atoms with Crippen molar-refractivity contribution in [2.45, 2.75) is 24.3 Å². The highest BCUT2D eigenvalue weighted by molar-refractivity contribution is 8.00. The molecule has 3 rings (SSSR count). The minimum Gasteiger partial charge on any atom is -0.497 e. The van der Waals surface area contributed by atoms with Gasteiger partial charge >= 0.3 is 0 Å². The number of ether oxygens (including phenoxy) is 2. The molecule has 7 nitrogen and oxygen atoms in total. The second kappa shape index (κ2) is 9.27. The molecule has 0 aliphatic carbocycles. The molecule has 1 aromatic heterocycles. The van der Waals surface area contributed by atoms with Crippen molar-refractivity contribution < 1.29 is 14.3 Å². The second-order valence-electron chi connectivity index (χ2n) is 5.87. The molecule has 0 bridgehead atoms. The first kappa shape index (κ1) is 19.8. The van der Waals surface area contributed by atoms with Gasteiger partial charge in [-0.15, -0.1) is 5.10 Å². The van der Waals surface area contributed by atoms with Crippen molar-refractivity contribution in [2.24, 2.45) is 0 Å². The lowest BCUT2D eigenvalue weighted by molar-refractivity contribution is -0.115. The molecular weight excluding hydrogens is 376 g/mol. The zero-order valence-corrected chi connectivity index (χ0v) is 16.7. The van der Waals surface area contributed by atoms with Crippen LogP contribution in [0.3, 0.4) is 0 Å². The SMILES string of the molecule is CCOc1ccccc1NC(=O)[C@H](C)Sc1n[nH]c(-c2ccc(OC)cc2)n1. The van der Waals surface area contributed by atoms with Crippen molar-refractivity contribution in [3.63, 3.8) is 0 Å². The summed E-state index contributed by atoms with van der Waals surface area (Å²) in [5.41, 5.74) is 1.54. The van der Waals surface area contributed by atoms with Crippen LogP contribution in [0.4, 0.5) is 5.69 Å². The van der Waals surface area contributed by atoms with Gasteiger partial charge in [0.15, 0.2) is 5.82 Å². The highest BCUT2D eigenvalue weighted by Crippen LogP contribution is 2.27. The summed E-state index contributed by atoms with van der Waals surface area (Å²) in [5.74, 6) is 1.91. The summed E-state index contributed by atoms with van der Waals surface area (Å²) in [4.78, 5) is 17.0. The molecule has 1 atom stereocenters. The van der Waals surface area contributed by atoms with Crippen molar-refractivity contribution in [1.82, 2.24) is 15.2 Å². The lowest BCUT2D eigenvalue weighted by Crippen LogP contribution is -2.22. The Labute approximate surface area is 167 Å². The summed E-state index contributed by atoms with van der Waals surface area (Å²) >= 11 is 1.28. The second-order valence-corrected chi connectivity index (χ2v) is 7.18. The van der Waals surface area contributed by atoms with E-state index in [2.05, 4.69) is 20.5 Å². The van der Waals surface area contributed by atoms with E-state index in [4.69, 9.17) is 9.47 Å². The van der Waals surface area contributed by atoms with Crippen LogP contribution in [0.5, 0.6) is 11.5 Å². The quantitative estimate of drug-likeness (QED) is 0.558. The van der Waals surface area contributed by atoms with Crippen LogP contribution in [0.2, 0.25) is 0 Å². The Morgan fingerprint density at radius 1 is 1.21 bits per heavy atom. The van der Waals surface area contributed by atoms with Crippen molar-refractivity contribution in [3.8, 4) is 22.9 Å². The molecule has 0 saturated heterocycles. The molecule has 0 radical (unpaired) electrons. The molecule has 0 aliphatic rings. The summed E-state index contributed by atoms with van der Waals surface area (Å²) < 4.78 is 10.7. The Morgan fingerprint density at radius 3 is 2.68 bits per heavy atom. The number of carbonyl (C=O) groups excluding carboxylic acids is 1. The van der Waals surface area contributed by atoms with E-state index >= 15 is 0 Å². The van der Waals surface area contributed by atoms with Crippen molar-refractivity contribution in [2.75, 3.05) is 19.0 Å². The van der Waals surface area contributed by atoms with E-state index in [0.717, 1.165) is 11.3 Å². The first-order valence-corrected chi connectivity index (χ1v) is 9.75. The number of hydrogen-bond donors (Lipinski definition) is 2. The molecule has 0 saturated carbocycles. The van der Waals surface area contributed by atoms with Crippen LogP contribution in [-0.2, 0) is 4.79 Å². The highest BCUT2D eigenvalue weighted by atomic mass is 32.2. The molecule has 2 N–H and O–H groups in total. The largest absolute Gasteiger partial charge is 0.497 e. The predicted molar refractivity (Wildman–Crippen MR) is 110 cm³/mol. The van der Waals surface area contributed by atoms with Crippen LogP contribution in [0.15, 0.2) is 53.7 Å². The summed E-state index contributed by atoms with van der Waals surface area (Å²) in [5, 5.41) is 10.1. The number of nitrogens with one attached hydrogen (secondary N) is 2. The molecule has 0 unspecified atom stereocenters. The van der Waals surface area contributed by atoms with Gasteiger partial charge in [-0.25, -0.2) is 4.98 Å². The van der Waals surface area contributed by atoms with Crippen molar-refractivity contribution >= 4 is 23.4 Å². The number of carbonyl (C=O) groups is 1. The lowest BCUT2D eigenvalue weighted by Gasteiger charge is -2.13. The molecule has 1 amide bonds. The van der Waals surface area contributed by atoms with Crippen LogP contribution in [0, 0.1) is 0 Å². The average molecular weight is 398 g/mol. The monoisotopic (exact) mass is 398 g/mol. The molecule has 2 aromatic carbocycles. The fraction of sp³-hybridized carbons (Fsp3) is 0.250. The Balaban J connectivity index is 1.64. The maximum absolute atomic E-state index is 12.6. The van der Waals surface area contributed by atoms with Gasteiger partial charge < -0.3 is 14.8 Å². The van der Waals surface area contributed by atoms with Gasteiger partial charge in [0.1, 0.15) is 11.5 Å². The third-order valence-corrected chi connectivity index (χ3v) is 4.89. The third kappa shape index (κ3) is 4.83. The van der Waals surface area contributed by atoms with E-state index in [1.807, 2.05) is 62.4 Å². The molecule has 8 heteroatoms. The zero-order chi connectivity index (χ0) is 19.9. The van der Waals surface area contributed by atoms with Gasteiger partial charge in [0, 0.05) is 5.56 Å². The van der Waals surface area contributed by atoms with Crippen molar-refractivity contribution in [3.05, 3.63) is 48.5 Å². The topological polar surface area (TPSA) is 89.1 Å². The van der Waals surface area contributed by atoms with Crippen molar-refractivity contribution in [1.29, 1.82) is 0 Å². The normalized spacial score (nSPS) is 11.7. The molecule has 0 spiro atoms. The number of nitrogens with zero attached hydrogens (tertiary/aromatic N) is 2. The summed E-state index contributed by atoms with van der Waals surface area (Å²) in [6.07, 6.45) is 0. The smallest absolute Gasteiger partial charge is 0.237 e. The molecule has 0 aliphatic heterocycles. The van der Waals surface area contributed by atoms with Gasteiger partial charge in [0.05, 0.1) is 24.7 Å². The van der Waals surface area contributed by atoms with Gasteiger partial charge in [0.25, 0.3) is 0 Å². The number of methoxy groups -OCH3 is 1. The Bertz CT molecular complexity index is 927. The molecule has 3 aromatic rings. The Hall–Kier alpha value is -3.00. The van der Waals surface area contributed by atoms with E-state index in [0.29, 0.717) is 29.0 Å². The van der Waals surface area contributed by atoms with Gasteiger partial charge in [-0.05, 0) is 50.2 Å². The van der Waals surface area contributed by atoms with Crippen LogP contribution in [0.25, 0.3) is 11.4 Å². The van der Waals surface area contributed by atoms with Crippen LogP contribution >= 0.6 is 11.8 Å². The average Bonchev–Trinajstić information content (AvgIpc) is 3.18. The van der Waals surface area contributed by atoms with Gasteiger partial charge in [0.2, 0.25) is 11.1 Å². The third-order valence-electron chi connectivity index (χ3n) is 3.92. The van der Waals surface area contributed by atoms with E-state index in [1.165, 1.54) is 11.8 Å². The molecule has 1 heterocycles. The molecular formula is C20H22N4O3S. The lowest BCUT2D eigenvalue weighted by atomic mass is 10.2. The number of hydrogen-bond acceptors (Lipinski definition) is 6. The summed E-state index contributed by atoms with van der Waals surface area (Å²) in [6, 6.07) is 14.9. The number of aromatic amines is 1.